The van der Waals surface area contributed by atoms with E-state index in [2.05, 4.69) is 50.1 Å². The molecule has 3 aromatic rings. The van der Waals surface area contributed by atoms with Crippen LogP contribution in [0.1, 0.15) is 42.9 Å². The van der Waals surface area contributed by atoms with E-state index in [4.69, 9.17) is 4.98 Å². The number of aromatic nitrogens is 3. The van der Waals surface area contributed by atoms with E-state index in [1.807, 2.05) is 18.5 Å². The fourth-order valence-corrected chi connectivity index (χ4v) is 5.75. The third-order valence-electron chi connectivity index (χ3n) is 6.55. The van der Waals surface area contributed by atoms with Crippen LogP contribution in [-0.4, -0.2) is 63.2 Å². The number of fused-ring (bicyclic) bond motifs is 1. The number of nitrogens with zero attached hydrogens (tertiary/aromatic N) is 5. The van der Waals surface area contributed by atoms with Crippen LogP contribution in [0.5, 0.6) is 0 Å². The zero-order chi connectivity index (χ0) is 20.9. The van der Waals surface area contributed by atoms with Crippen molar-refractivity contribution in [3.05, 3.63) is 60.0 Å². The molecule has 2 aliphatic heterocycles. The first-order chi connectivity index (χ1) is 15.3. The van der Waals surface area contributed by atoms with Crippen molar-refractivity contribution in [2.24, 2.45) is 0 Å². The maximum absolute atomic E-state index is 4.95. The lowest BCUT2D eigenvalue weighted by Crippen LogP contribution is -2.34. The lowest BCUT2D eigenvalue weighted by Gasteiger charge is -2.32. The Hall–Kier alpha value is -2.02. The highest BCUT2D eigenvalue weighted by atomic mass is 32.2. The molecule has 0 saturated carbocycles. The van der Waals surface area contributed by atoms with E-state index in [0.29, 0.717) is 5.92 Å². The molecule has 0 aliphatic carbocycles. The molecule has 1 atom stereocenters. The van der Waals surface area contributed by atoms with Crippen LogP contribution < -0.4 is 0 Å². The highest BCUT2D eigenvalue weighted by Crippen LogP contribution is 2.28. The Kier molecular flexibility index (Phi) is 6.77. The van der Waals surface area contributed by atoms with Gasteiger partial charge in [-0.3, -0.25) is 9.88 Å². The number of thioether (sulfide) groups is 1. The average molecular weight is 434 g/mol. The van der Waals surface area contributed by atoms with Gasteiger partial charge >= 0.3 is 0 Å². The quantitative estimate of drug-likeness (QED) is 0.401. The minimum Gasteiger partial charge on any atom is -0.303 e. The predicted octanol–water partition coefficient (Wildman–Crippen LogP) is 4.59. The topological polar surface area (TPSA) is 45.2 Å². The second-order valence-corrected chi connectivity index (χ2v) is 9.78. The predicted molar refractivity (Wildman–Crippen MR) is 127 cm³/mol. The van der Waals surface area contributed by atoms with Crippen molar-refractivity contribution in [1.82, 2.24) is 24.8 Å². The van der Waals surface area contributed by atoms with Gasteiger partial charge in [0.1, 0.15) is 0 Å². The van der Waals surface area contributed by atoms with Crippen molar-refractivity contribution in [2.45, 2.75) is 43.3 Å². The summed E-state index contributed by atoms with van der Waals surface area (Å²) in [6.45, 7) is 6.84. The Balaban J connectivity index is 1.22. The fraction of sp³-hybridized carbons (Fsp3) is 0.480. The van der Waals surface area contributed by atoms with Gasteiger partial charge in [-0.1, -0.05) is 30.0 Å². The van der Waals surface area contributed by atoms with Crippen molar-refractivity contribution in [1.29, 1.82) is 0 Å². The summed E-state index contributed by atoms with van der Waals surface area (Å²) in [7, 11) is 0. The molecule has 162 valence electrons. The number of likely N-dealkylation sites (tertiary alicyclic amines) is 2. The Bertz CT molecular complexity index is 999. The molecule has 5 rings (SSSR count). The summed E-state index contributed by atoms with van der Waals surface area (Å²) < 4.78 is 0. The monoisotopic (exact) mass is 433 g/mol. The molecule has 2 saturated heterocycles. The van der Waals surface area contributed by atoms with Gasteiger partial charge in [0.15, 0.2) is 5.16 Å². The smallest absolute Gasteiger partial charge is 0.187 e. The highest BCUT2D eigenvalue weighted by Gasteiger charge is 2.23. The van der Waals surface area contributed by atoms with E-state index in [1.165, 1.54) is 55.4 Å². The standard InChI is InChI=1S/C25H31N5S/c1-2-14-29(13-1)16-17-31-25-27-12-10-23(28-25)21-7-5-15-30(19-21)18-20-6-3-9-24-22(20)8-4-11-26-24/h3-4,6,8-12,21H,1-2,5,7,13-19H2. The molecular formula is C25H31N5S. The van der Waals surface area contributed by atoms with Crippen molar-refractivity contribution in [2.75, 3.05) is 38.5 Å². The molecule has 2 aromatic heterocycles. The van der Waals surface area contributed by atoms with Gasteiger partial charge in [0, 0.05) is 54.8 Å². The molecule has 0 spiro atoms. The summed E-state index contributed by atoms with van der Waals surface area (Å²) >= 11 is 1.81. The number of rotatable bonds is 7. The van der Waals surface area contributed by atoms with Crippen LogP contribution in [0.4, 0.5) is 0 Å². The molecule has 0 amide bonds. The van der Waals surface area contributed by atoms with Crippen molar-refractivity contribution in [3.8, 4) is 0 Å². The first-order valence-electron chi connectivity index (χ1n) is 11.6. The van der Waals surface area contributed by atoms with E-state index < -0.39 is 0 Å². The lowest BCUT2D eigenvalue weighted by molar-refractivity contribution is 0.198. The van der Waals surface area contributed by atoms with Crippen LogP contribution >= 0.6 is 11.8 Å². The normalized spacial score (nSPS) is 20.5. The number of hydrogen-bond acceptors (Lipinski definition) is 6. The second-order valence-electron chi connectivity index (χ2n) is 8.72. The van der Waals surface area contributed by atoms with E-state index in [9.17, 15) is 0 Å². The zero-order valence-electron chi connectivity index (χ0n) is 18.1. The summed E-state index contributed by atoms with van der Waals surface area (Å²) in [4.78, 5) is 19.1. The number of piperidine rings is 1. The van der Waals surface area contributed by atoms with Crippen molar-refractivity contribution < 1.29 is 0 Å². The summed E-state index contributed by atoms with van der Waals surface area (Å²) in [6, 6.07) is 12.8. The fourth-order valence-electron chi connectivity index (χ4n) is 4.91. The van der Waals surface area contributed by atoms with Gasteiger partial charge in [0.05, 0.1) is 5.52 Å². The Morgan fingerprint density at radius 1 is 0.903 bits per heavy atom. The summed E-state index contributed by atoms with van der Waals surface area (Å²) in [5.41, 5.74) is 3.66. The van der Waals surface area contributed by atoms with Crippen molar-refractivity contribution in [3.63, 3.8) is 0 Å². The van der Waals surface area contributed by atoms with Gasteiger partial charge in [-0.2, -0.15) is 0 Å². The Morgan fingerprint density at radius 2 is 1.81 bits per heavy atom. The molecule has 4 heterocycles. The van der Waals surface area contributed by atoms with E-state index >= 15 is 0 Å². The van der Waals surface area contributed by atoms with Gasteiger partial charge in [-0.25, -0.2) is 9.97 Å². The molecular weight excluding hydrogens is 402 g/mol. The van der Waals surface area contributed by atoms with Crippen LogP contribution in [0.3, 0.4) is 0 Å². The maximum Gasteiger partial charge on any atom is 0.187 e. The number of pyridine rings is 1. The first-order valence-corrected chi connectivity index (χ1v) is 12.6. The third-order valence-corrected chi connectivity index (χ3v) is 7.39. The Morgan fingerprint density at radius 3 is 2.74 bits per heavy atom. The molecule has 5 nitrogen and oxygen atoms in total. The van der Waals surface area contributed by atoms with Crippen LogP contribution in [0.2, 0.25) is 0 Å². The molecule has 2 fully saturated rings. The van der Waals surface area contributed by atoms with Crippen molar-refractivity contribution >= 4 is 22.7 Å². The highest BCUT2D eigenvalue weighted by molar-refractivity contribution is 7.99. The third kappa shape index (κ3) is 5.25. The van der Waals surface area contributed by atoms with Crippen LogP contribution in [0.25, 0.3) is 10.9 Å². The number of benzene rings is 1. The molecule has 0 N–H and O–H groups in total. The van der Waals surface area contributed by atoms with Crippen LogP contribution in [0.15, 0.2) is 53.9 Å². The maximum atomic E-state index is 4.95. The summed E-state index contributed by atoms with van der Waals surface area (Å²) in [5.74, 6) is 1.57. The van der Waals surface area contributed by atoms with Crippen LogP contribution in [-0.2, 0) is 6.54 Å². The van der Waals surface area contributed by atoms with Crippen LogP contribution in [0, 0.1) is 0 Å². The van der Waals surface area contributed by atoms with E-state index in [-0.39, 0.29) is 0 Å². The molecule has 31 heavy (non-hydrogen) atoms. The molecule has 1 unspecified atom stereocenters. The molecule has 2 aliphatic rings. The number of hydrogen-bond donors (Lipinski definition) is 0. The summed E-state index contributed by atoms with van der Waals surface area (Å²) in [5, 5.41) is 2.21. The zero-order valence-corrected chi connectivity index (χ0v) is 18.9. The average Bonchev–Trinajstić information content (AvgIpc) is 3.33. The molecule has 0 bridgehead atoms. The minimum atomic E-state index is 0.489. The van der Waals surface area contributed by atoms with Gasteiger partial charge in [0.25, 0.3) is 0 Å². The minimum absolute atomic E-state index is 0.489. The molecule has 1 aromatic carbocycles. The summed E-state index contributed by atoms with van der Waals surface area (Å²) in [6.07, 6.45) is 8.96. The van der Waals surface area contributed by atoms with E-state index in [0.717, 1.165) is 42.6 Å². The molecule has 0 radical (unpaired) electrons. The Labute approximate surface area is 189 Å². The lowest BCUT2D eigenvalue weighted by atomic mass is 9.94. The van der Waals surface area contributed by atoms with E-state index in [1.54, 1.807) is 11.8 Å². The largest absolute Gasteiger partial charge is 0.303 e. The second kappa shape index (κ2) is 10.1. The molecule has 6 heteroatoms. The SMILES string of the molecule is c1cc(CN2CCCC(c3ccnc(SCCN4CCCC4)n3)C2)c2cccnc2c1. The van der Waals surface area contributed by atoms with Gasteiger partial charge in [-0.15, -0.1) is 0 Å². The first kappa shape index (κ1) is 20.9. The van der Waals surface area contributed by atoms with Gasteiger partial charge in [0.2, 0.25) is 0 Å². The van der Waals surface area contributed by atoms with Gasteiger partial charge < -0.3 is 4.90 Å². The van der Waals surface area contributed by atoms with Gasteiger partial charge in [-0.05, 0) is 69.1 Å².